The number of anilines is 1. The maximum atomic E-state index is 12.7. The average Bonchev–Trinajstić information content (AvgIpc) is 2.77. The Hall–Kier alpha value is -1.31. The van der Waals surface area contributed by atoms with Crippen LogP contribution in [0.4, 0.5) is 18.3 Å². The van der Waals surface area contributed by atoms with Gasteiger partial charge in [0.15, 0.2) is 5.13 Å². The molecule has 2 rings (SSSR count). The number of fused-ring (bicyclic) bond motifs is 1. The molecule has 1 aromatic heterocycles. The largest absolute Gasteiger partial charge is 0.481 e. The van der Waals surface area contributed by atoms with E-state index in [2.05, 4.69) is 4.98 Å². The Labute approximate surface area is 124 Å². The molecule has 0 saturated carbocycles. The quantitative estimate of drug-likeness (QED) is 0.923. The minimum Gasteiger partial charge on any atom is -0.481 e. The van der Waals surface area contributed by atoms with E-state index in [4.69, 9.17) is 0 Å². The minimum atomic E-state index is -4.32. The average molecular weight is 322 g/mol. The van der Waals surface area contributed by atoms with Crippen LogP contribution >= 0.6 is 11.3 Å². The number of nitrogens with zero attached hydrogens (tertiary/aromatic N) is 2. The zero-order chi connectivity index (χ0) is 15.8. The number of hydrogen-bond acceptors (Lipinski definition) is 4. The lowest BCUT2D eigenvalue weighted by Crippen LogP contribution is -2.39. The van der Waals surface area contributed by atoms with Gasteiger partial charge in [0.25, 0.3) is 0 Å². The summed E-state index contributed by atoms with van der Waals surface area (Å²) in [5, 5.41) is 9.46. The summed E-state index contributed by atoms with van der Waals surface area (Å²) in [7, 11) is 0. The van der Waals surface area contributed by atoms with E-state index in [1.807, 2.05) is 0 Å². The number of hydrogen-bond donors (Lipinski definition) is 1. The predicted molar refractivity (Wildman–Crippen MR) is 74.0 cm³/mol. The van der Waals surface area contributed by atoms with Crippen molar-refractivity contribution < 1.29 is 23.1 Å². The number of carboxylic acids is 1. The van der Waals surface area contributed by atoms with Gasteiger partial charge < -0.3 is 10.0 Å². The monoisotopic (exact) mass is 322 g/mol. The molecule has 0 amide bonds. The number of carbonyl (C=O) groups is 1. The molecule has 1 unspecified atom stereocenters. The summed E-state index contributed by atoms with van der Waals surface area (Å²) >= 11 is 1.19. The van der Waals surface area contributed by atoms with Crippen molar-refractivity contribution in [2.75, 3.05) is 11.4 Å². The van der Waals surface area contributed by atoms with Crippen molar-refractivity contribution >= 4 is 22.4 Å². The van der Waals surface area contributed by atoms with Crippen LogP contribution in [0.1, 0.15) is 43.2 Å². The molecule has 1 aliphatic rings. The second kappa shape index (κ2) is 5.82. The third-order valence-corrected chi connectivity index (χ3v) is 4.63. The Morgan fingerprint density at radius 3 is 2.71 bits per heavy atom. The smallest absolute Gasteiger partial charge is 0.406 e. The molecule has 1 aliphatic carbocycles. The summed E-state index contributed by atoms with van der Waals surface area (Å²) in [6.07, 6.45) is -2.41. The van der Waals surface area contributed by atoms with Gasteiger partial charge in [0, 0.05) is 10.9 Å². The van der Waals surface area contributed by atoms with Crippen LogP contribution in [-0.4, -0.2) is 34.8 Å². The summed E-state index contributed by atoms with van der Waals surface area (Å²) in [4.78, 5) is 17.4. The Bertz CT molecular complexity index is 528. The molecule has 118 valence electrons. The number of carboxylic acid groups (broad SMARTS) is 1. The number of aliphatic carboxylic acids is 1. The fourth-order valence-corrected chi connectivity index (χ4v) is 3.73. The molecule has 0 spiro atoms. The van der Waals surface area contributed by atoms with Crippen molar-refractivity contribution in [1.82, 2.24) is 4.98 Å². The van der Waals surface area contributed by atoms with E-state index in [0.29, 0.717) is 18.5 Å². The third kappa shape index (κ3) is 3.66. The maximum Gasteiger partial charge on any atom is 0.406 e. The molecule has 0 bridgehead atoms. The molecule has 0 aliphatic heterocycles. The van der Waals surface area contributed by atoms with E-state index in [-0.39, 0.29) is 11.2 Å². The summed E-state index contributed by atoms with van der Waals surface area (Å²) in [5.74, 6) is -1.65. The van der Waals surface area contributed by atoms with E-state index in [1.165, 1.54) is 16.2 Å². The van der Waals surface area contributed by atoms with Gasteiger partial charge in [0.1, 0.15) is 12.5 Å². The van der Waals surface area contributed by atoms with Crippen LogP contribution in [0.2, 0.25) is 0 Å². The molecular weight excluding hydrogens is 305 g/mol. The highest BCUT2D eigenvalue weighted by Crippen LogP contribution is 2.39. The molecule has 0 saturated heterocycles. The maximum absolute atomic E-state index is 12.7. The van der Waals surface area contributed by atoms with E-state index >= 15 is 0 Å². The minimum absolute atomic E-state index is 0.264. The lowest BCUT2D eigenvalue weighted by atomic mass is 9.91. The van der Waals surface area contributed by atoms with Crippen LogP contribution in [-0.2, 0) is 11.2 Å². The first-order valence-corrected chi connectivity index (χ1v) is 7.56. The van der Waals surface area contributed by atoms with Gasteiger partial charge in [-0.3, -0.25) is 4.79 Å². The second-order valence-electron chi connectivity index (χ2n) is 5.42. The zero-order valence-electron chi connectivity index (χ0n) is 11.8. The lowest BCUT2D eigenvalue weighted by Gasteiger charge is -2.27. The zero-order valence-corrected chi connectivity index (χ0v) is 12.6. The van der Waals surface area contributed by atoms with Gasteiger partial charge >= 0.3 is 12.1 Å². The predicted octanol–water partition coefficient (Wildman–Crippen LogP) is 3.42. The van der Waals surface area contributed by atoms with Gasteiger partial charge in [0.2, 0.25) is 0 Å². The van der Waals surface area contributed by atoms with E-state index in [0.717, 1.165) is 11.3 Å². The van der Waals surface area contributed by atoms with Gasteiger partial charge in [-0.1, -0.05) is 0 Å². The van der Waals surface area contributed by atoms with Gasteiger partial charge in [-0.2, -0.15) is 13.2 Å². The summed E-state index contributed by atoms with van der Waals surface area (Å²) in [6, 6.07) is -0.359. The number of aryl methyl sites for hydroxylation is 1. The van der Waals surface area contributed by atoms with Crippen LogP contribution in [0.3, 0.4) is 0 Å². The van der Waals surface area contributed by atoms with Crippen molar-refractivity contribution in [1.29, 1.82) is 0 Å². The highest BCUT2D eigenvalue weighted by Gasteiger charge is 2.35. The molecule has 1 heterocycles. The standard InChI is InChI=1S/C13H17F3N2O2S/c1-7(2)18(6-13(14,15)16)12-17-10-8(11(19)20)4-3-5-9(10)21-12/h7-8H,3-6H2,1-2H3,(H,19,20). The van der Waals surface area contributed by atoms with Gasteiger partial charge in [-0.15, -0.1) is 11.3 Å². The van der Waals surface area contributed by atoms with Crippen LogP contribution in [0.15, 0.2) is 0 Å². The summed E-state index contributed by atoms with van der Waals surface area (Å²) < 4.78 is 38.0. The molecule has 1 atom stereocenters. The number of thiazole rings is 1. The first-order valence-electron chi connectivity index (χ1n) is 6.75. The third-order valence-electron chi connectivity index (χ3n) is 3.46. The molecule has 0 aromatic carbocycles. The topological polar surface area (TPSA) is 53.4 Å². The molecule has 8 heteroatoms. The Balaban J connectivity index is 2.33. The van der Waals surface area contributed by atoms with Crippen molar-refractivity contribution in [3.05, 3.63) is 10.6 Å². The Morgan fingerprint density at radius 1 is 1.52 bits per heavy atom. The highest BCUT2D eigenvalue weighted by molar-refractivity contribution is 7.15. The molecule has 1 N–H and O–H groups in total. The van der Waals surface area contributed by atoms with Crippen molar-refractivity contribution in [3.8, 4) is 0 Å². The Morgan fingerprint density at radius 2 is 2.19 bits per heavy atom. The summed E-state index contributed by atoms with van der Waals surface area (Å²) in [6.45, 7) is 2.26. The fourth-order valence-electron chi connectivity index (χ4n) is 2.43. The van der Waals surface area contributed by atoms with Crippen LogP contribution in [0.5, 0.6) is 0 Å². The van der Waals surface area contributed by atoms with Crippen LogP contribution < -0.4 is 4.90 Å². The van der Waals surface area contributed by atoms with Gasteiger partial charge in [-0.25, -0.2) is 4.98 Å². The molecule has 0 fully saturated rings. The van der Waals surface area contributed by atoms with Crippen molar-refractivity contribution in [2.24, 2.45) is 0 Å². The molecule has 1 aromatic rings. The van der Waals surface area contributed by atoms with Crippen molar-refractivity contribution in [3.63, 3.8) is 0 Å². The normalized spacial score (nSPS) is 18.7. The van der Waals surface area contributed by atoms with Crippen LogP contribution in [0.25, 0.3) is 0 Å². The number of halogens is 3. The summed E-state index contributed by atoms with van der Waals surface area (Å²) in [5.41, 5.74) is 0.446. The highest BCUT2D eigenvalue weighted by atomic mass is 32.1. The number of rotatable bonds is 4. The number of aromatic nitrogens is 1. The van der Waals surface area contributed by atoms with E-state index < -0.39 is 24.6 Å². The SMILES string of the molecule is CC(C)N(CC(F)(F)F)c1nc2c(s1)CCCC2C(=O)O. The first-order chi connectivity index (χ1) is 9.69. The van der Waals surface area contributed by atoms with Gasteiger partial charge in [0.05, 0.1) is 5.69 Å². The van der Waals surface area contributed by atoms with Crippen molar-refractivity contribution in [2.45, 2.75) is 51.2 Å². The molecule has 0 radical (unpaired) electrons. The Kier molecular flexibility index (Phi) is 4.46. The first kappa shape index (κ1) is 16.1. The van der Waals surface area contributed by atoms with E-state index in [9.17, 15) is 23.1 Å². The number of alkyl halides is 3. The fraction of sp³-hybridized carbons (Fsp3) is 0.692. The van der Waals surface area contributed by atoms with Gasteiger partial charge in [-0.05, 0) is 33.1 Å². The lowest BCUT2D eigenvalue weighted by molar-refractivity contribution is -0.139. The van der Waals surface area contributed by atoms with E-state index in [1.54, 1.807) is 13.8 Å². The van der Waals surface area contributed by atoms with Crippen LogP contribution in [0, 0.1) is 0 Å². The molecule has 21 heavy (non-hydrogen) atoms. The second-order valence-corrected chi connectivity index (χ2v) is 6.49. The molecular formula is C13H17F3N2O2S. The molecule has 4 nitrogen and oxygen atoms in total.